The van der Waals surface area contributed by atoms with E-state index in [2.05, 4.69) is 10.5 Å². The predicted molar refractivity (Wildman–Crippen MR) is 112 cm³/mol. The maximum absolute atomic E-state index is 12.3. The van der Waals surface area contributed by atoms with E-state index in [0.717, 1.165) is 16.7 Å². The van der Waals surface area contributed by atoms with E-state index in [0.29, 0.717) is 28.7 Å². The Morgan fingerprint density at radius 1 is 1.10 bits per heavy atom. The van der Waals surface area contributed by atoms with Crippen molar-refractivity contribution in [3.8, 4) is 17.1 Å². The largest absolute Gasteiger partial charge is 0.494 e. The number of hydrazone groups is 1. The van der Waals surface area contributed by atoms with Gasteiger partial charge in [0.15, 0.2) is 5.76 Å². The van der Waals surface area contributed by atoms with Gasteiger partial charge in [-0.3, -0.25) is 4.79 Å². The lowest BCUT2D eigenvalue weighted by molar-refractivity contribution is 0.0929. The normalized spacial score (nSPS) is 11.2. The van der Waals surface area contributed by atoms with Crippen molar-refractivity contribution in [2.24, 2.45) is 5.10 Å². The van der Waals surface area contributed by atoms with Gasteiger partial charge in [-0.1, -0.05) is 11.6 Å². The SMILES string of the molecule is CCOc1ccc2oc(C(=O)N/N=C/c3ccc(-c4ccc(Cl)cc4)o3)cc2c1. The van der Waals surface area contributed by atoms with Gasteiger partial charge < -0.3 is 13.6 Å². The average Bonchev–Trinajstić information content (AvgIpc) is 3.35. The van der Waals surface area contributed by atoms with E-state index in [1.807, 2.05) is 31.2 Å². The molecule has 0 bridgehead atoms. The number of fused-ring (bicyclic) bond motifs is 1. The van der Waals surface area contributed by atoms with Crippen LogP contribution in [0.5, 0.6) is 5.75 Å². The first kappa shape index (κ1) is 18.8. The van der Waals surface area contributed by atoms with Crippen LogP contribution in [-0.2, 0) is 0 Å². The van der Waals surface area contributed by atoms with E-state index in [1.165, 1.54) is 6.21 Å². The maximum atomic E-state index is 12.3. The number of hydrogen-bond donors (Lipinski definition) is 1. The molecule has 0 fully saturated rings. The molecule has 4 aromatic rings. The van der Waals surface area contributed by atoms with Crippen molar-refractivity contribution < 1.29 is 18.4 Å². The monoisotopic (exact) mass is 408 g/mol. The molecule has 0 aliphatic heterocycles. The number of furan rings is 2. The molecule has 0 aliphatic carbocycles. The number of ether oxygens (including phenoxy) is 1. The van der Waals surface area contributed by atoms with Crippen LogP contribution in [-0.4, -0.2) is 18.7 Å². The zero-order valence-electron chi connectivity index (χ0n) is 15.5. The lowest BCUT2D eigenvalue weighted by Crippen LogP contribution is -2.16. The molecular formula is C22H17ClN2O4. The summed E-state index contributed by atoms with van der Waals surface area (Å²) in [6.07, 6.45) is 1.42. The Labute approximate surface area is 171 Å². The van der Waals surface area contributed by atoms with Crippen LogP contribution in [0.15, 0.2) is 74.6 Å². The predicted octanol–water partition coefficient (Wildman–Crippen LogP) is 5.51. The Bertz CT molecular complexity index is 1180. The Balaban J connectivity index is 1.42. The van der Waals surface area contributed by atoms with Crippen LogP contribution in [0.25, 0.3) is 22.3 Å². The van der Waals surface area contributed by atoms with Crippen molar-refractivity contribution in [1.29, 1.82) is 0 Å². The van der Waals surface area contributed by atoms with Gasteiger partial charge in [-0.05, 0) is 67.6 Å². The summed E-state index contributed by atoms with van der Waals surface area (Å²) in [5.74, 6) is 1.60. The lowest BCUT2D eigenvalue weighted by atomic mass is 10.2. The molecule has 0 spiro atoms. The number of hydrogen-bond acceptors (Lipinski definition) is 5. The van der Waals surface area contributed by atoms with Crippen LogP contribution in [0.2, 0.25) is 5.02 Å². The maximum Gasteiger partial charge on any atom is 0.307 e. The second-order valence-corrected chi connectivity index (χ2v) is 6.59. The minimum absolute atomic E-state index is 0.159. The van der Waals surface area contributed by atoms with E-state index < -0.39 is 5.91 Å². The van der Waals surface area contributed by atoms with Gasteiger partial charge in [0.1, 0.15) is 22.9 Å². The van der Waals surface area contributed by atoms with Crippen LogP contribution in [0, 0.1) is 0 Å². The summed E-state index contributed by atoms with van der Waals surface area (Å²) in [4.78, 5) is 12.3. The first-order valence-corrected chi connectivity index (χ1v) is 9.36. The van der Waals surface area contributed by atoms with Gasteiger partial charge in [-0.25, -0.2) is 5.43 Å². The summed E-state index contributed by atoms with van der Waals surface area (Å²) >= 11 is 5.89. The molecule has 29 heavy (non-hydrogen) atoms. The molecule has 1 N–H and O–H groups in total. The number of benzene rings is 2. The smallest absolute Gasteiger partial charge is 0.307 e. The second-order valence-electron chi connectivity index (χ2n) is 6.15. The summed E-state index contributed by atoms with van der Waals surface area (Å²) in [7, 11) is 0. The standard InChI is InChI=1S/C22H17ClN2O4/c1-2-27-17-7-9-20-15(11-17)12-21(29-20)22(26)25-24-13-18-8-10-19(28-18)14-3-5-16(23)6-4-14/h3-13H,2H2,1H3,(H,25,26)/b24-13+. The van der Waals surface area contributed by atoms with Crippen LogP contribution >= 0.6 is 11.6 Å². The van der Waals surface area contributed by atoms with E-state index >= 15 is 0 Å². The van der Waals surface area contributed by atoms with Gasteiger partial charge in [0.2, 0.25) is 0 Å². The summed E-state index contributed by atoms with van der Waals surface area (Å²) in [5.41, 5.74) is 3.93. The molecule has 1 amide bonds. The highest BCUT2D eigenvalue weighted by molar-refractivity contribution is 6.30. The molecule has 0 aliphatic rings. The zero-order chi connectivity index (χ0) is 20.2. The number of carbonyl (C=O) groups excluding carboxylic acids is 1. The molecule has 2 heterocycles. The third kappa shape index (κ3) is 4.33. The first-order chi connectivity index (χ1) is 14.1. The molecule has 0 saturated heterocycles. The van der Waals surface area contributed by atoms with Crippen LogP contribution in [0.3, 0.4) is 0 Å². The molecule has 6 nitrogen and oxygen atoms in total. The topological polar surface area (TPSA) is 77.0 Å². The Hall–Kier alpha value is -3.51. The van der Waals surface area contributed by atoms with E-state index in [1.54, 1.807) is 36.4 Å². The van der Waals surface area contributed by atoms with Crippen molar-refractivity contribution in [1.82, 2.24) is 5.43 Å². The highest BCUT2D eigenvalue weighted by Gasteiger charge is 2.12. The molecule has 2 aromatic heterocycles. The highest BCUT2D eigenvalue weighted by Crippen LogP contribution is 2.25. The van der Waals surface area contributed by atoms with Crippen LogP contribution in [0.1, 0.15) is 23.2 Å². The fourth-order valence-corrected chi connectivity index (χ4v) is 2.92. The first-order valence-electron chi connectivity index (χ1n) is 8.98. The number of nitrogens with zero attached hydrogens (tertiary/aromatic N) is 1. The van der Waals surface area contributed by atoms with E-state index in [9.17, 15) is 4.79 Å². The van der Waals surface area contributed by atoms with Gasteiger partial charge in [0.25, 0.3) is 0 Å². The number of carbonyl (C=O) groups is 1. The zero-order valence-corrected chi connectivity index (χ0v) is 16.3. The summed E-state index contributed by atoms with van der Waals surface area (Å²) < 4.78 is 16.7. The number of halogens is 1. The summed E-state index contributed by atoms with van der Waals surface area (Å²) in [6.45, 7) is 2.48. The van der Waals surface area contributed by atoms with Crippen molar-refractivity contribution in [2.45, 2.75) is 6.92 Å². The van der Waals surface area contributed by atoms with Crippen molar-refractivity contribution in [2.75, 3.05) is 6.61 Å². The van der Waals surface area contributed by atoms with Gasteiger partial charge in [0, 0.05) is 16.0 Å². The Morgan fingerprint density at radius 3 is 2.72 bits per heavy atom. The lowest BCUT2D eigenvalue weighted by Gasteiger charge is -2.00. The molecule has 2 aromatic carbocycles. The minimum Gasteiger partial charge on any atom is -0.494 e. The van der Waals surface area contributed by atoms with Crippen molar-refractivity contribution in [3.63, 3.8) is 0 Å². The molecule has 146 valence electrons. The number of amides is 1. The average molecular weight is 409 g/mol. The highest BCUT2D eigenvalue weighted by atomic mass is 35.5. The van der Waals surface area contributed by atoms with Gasteiger partial charge in [-0.15, -0.1) is 0 Å². The summed E-state index contributed by atoms with van der Waals surface area (Å²) in [6, 6.07) is 17.9. The van der Waals surface area contributed by atoms with Gasteiger partial charge in [0.05, 0.1) is 12.8 Å². The Kier molecular flexibility index (Phi) is 5.35. The molecule has 0 radical (unpaired) electrons. The van der Waals surface area contributed by atoms with Crippen LogP contribution in [0.4, 0.5) is 0 Å². The van der Waals surface area contributed by atoms with Crippen LogP contribution < -0.4 is 10.2 Å². The number of rotatable bonds is 6. The van der Waals surface area contributed by atoms with Crippen molar-refractivity contribution in [3.05, 3.63) is 77.2 Å². The minimum atomic E-state index is -0.458. The van der Waals surface area contributed by atoms with Gasteiger partial charge in [-0.2, -0.15) is 5.10 Å². The molecule has 0 unspecified atom stereocenters. The van der Waals surface area contributed by atoms with E-state index in [-0.39, 0.29) is 5.76 Å². The molecule has 7 heteroatoms. The second kappa shape index (κ2) is 8.24. The van der Waals surface area contributed by atoms with Crippen molar-refractivity contribution >= 4 is 34.7 Å². The number of nitrogens with one attached hydrogen (secondary N) is 1. The third-order valence-corrected chi connectivity index (χ3v) is 4.39. The Morgan fingerprint density at radius 2 is 1.93 bits per heavy atom. The molecule has 0 saturated carbocycles. The quantitative estimate of drug-likeness (QED) is 0.337. The molecule has 0 atom stereocenters. The molecular weight excluding hydrogens is 392 g/mol. The summed E-state index contributed by atoms with van der Waals surface area (Å²) in [5, 5.41) is 5.37. The fourth-order valence-electron chi connectivity index (χ4n) is 2.79. The van der Waals surface area contributed by atoms with Gasteiger partial charge >= 0.3 is 5.91 Å². The third-order valence-electron chi connectivity index (χ3n) is 4.14. The molecule has 4 rings (SSSR count). The fraction of sp³-hybridized carbons (Fsp3) is 0.0909. The van der Waals surface area contributed by atoms with E-state index in [4.69, 9.17) is 25.2 Å².